The van der Waals surface area contributed by atoms with Crippen molar-refractivity contribution in [2.24, 2.45) is 5.73 Å². The molecule has 1 aromatic carbocycles. The van der Waals surface area contributed by atoms with Gasteiger partial charge in [-0.15, -0.1) is 0 Å². The SMILES string of the molecule is CCCS(=O)C1CCc2ccc(OC)cc2C1N. The maximum absolute atomic E-state index is 12.2. The quantitative estimate of drug-likeness (QED) is 0.909. The second kappa shape index (κ2) is 5.85. The first-order chi connectivity index (χ1) is 8.67. The number of nitrogens with two attached hydrogens (primary N) is 1. The van der Waals surface area contributed by atoms with Gasteiger partial charge in [-0.2, -0.15) is 0 Å². The Morgan fingerprint density at radius 2 is 2.28 bits per heavy atom. The number of benzene rings is 1. The van der Waals surface area contributed by atoms with Gasteiger partial charge in [0.05, 0.1) is 12.4 Å². The molecule has 0 radical (unpaired) electrons. The smallest absolute Gasteiger partial charge is 0.119 e. The van der Waals surface area contributed by atoms with Gasteiger partial charge in [0.15, 0.2) is 0 Å². The molecule has 2 N–H and O–H groups in total. The van der Waals surface area contributed by atoms with Gasteiger partial charge in [-0.1, -0.05) is 13.0 Å². The van der Waals surface area contributed by atoms with Crippen molar-refractivity contribution in [2.45, 2.75) is 37.5 Å². The Bertz CT molecular complexity index is 447. The van der Waals surface area contributed by atoms with Gasteiger partial charge in [-0.05, 0) is 42.5 Å². The van der Waals surface area contributed by atoms with Gasteiger partial charge in [0, 0.05) is 22.6 Å². The molecule has 0 spiro atoms. The van der Waals surface area contributed by atoms with Crippen molar-refractivity contribution in [3.8, 4) is 5.75 Å². The fourth-order valence-corrected chi connectivity index (χ4v) is 4.12. The van der Waals surface area contributed by atoms with Crippen LogP contribution in [0.1, 0.15) is 36.9 Å². The van der Waals surface area contributed by atoms with E-state index < -0.39 is 10.8 Å². The highest BCUT2D eigenvalue weighted by Gasteiger charge is 2.30. The molecule has 0 bridgehead atoms. The fraction of sp³-hybridized carbons (Fsp3) is 0.571. The van der Waals surface area contributed by atoms with Crippen LogP contribution in [-0.2, 0) is 17.2 Å². The van der Waals surface area contributed by atoms with E-state index in [9.17, 15) is 4.21 Å². The maximum atomic E-state index is 12.2. The summed E-state index contributed by atoms with van der Waals surface area (Å²) in [5, 5.41) is 0.0876. The standard InChI is InChI=1S/C14H21NO2S/c1-3-8-18(16)13-7-5-10-4-6-11(17-2)9-12(10)14(13)15/h4,6,9,13-14H,3,5,7-8,15H2,1-2H3. The van der Waals surface area contributed by atoms with E-state index in [0.29, 0.717) is 0 Å². The Labute approximate surface area is 111 Å². The van der Waals surface area contributed by atoms with Gasteiger partial charge >= 0.3 is 0 Å². The summed E-state index contributed by atoms with van der Waals surface area (Å²) in [4.78, 5) is 0. The zero-order valence-corrected chi connectivity index (χ0v) is 11.8. The van der Waals surface area contributed by atoms with Crippen molar-refractivity contribution in [2.75, 3.05) is 12.9 Å². The molecule has 100 valence electrons. The van der Waals surface area contributed by atoms with E-state index in [0.717, 1.165) is 36.3 Å². The van der Waals surface area contributed by atoms with Gasteiger partial charge in [-0.3, -0.25) is 4.21 Å². The summed E-state index contributed by atoms with van der Waals surface area (Å²) in [5.74, 6) is 1.57. The van der Waals surface area contributed by atoms with Crippen LogP contribution in [0.2, 0.25) is 0 Å². The first-order valence-corrected chi connectivity index (χ1v) is 7.85. The van der Waals surface area contributed by atoms with Crippen LogP contribution in [0.4, 0.5) is 0 Å². The van der Waals surface area contributed by atoms with Gasteiger partial charge in [0.1, 0.15) is 5.75 Å². The molecule has 0 saturated carbocycles. The molecule has 0 heterocycles. The molecule has 0 aromatic heterocycles. The van der Waals surface area contributed by atoms with Crippen LogP contribution in [0.25, 0.3) is 0 Å². The number of hydrogen-bond donors (Lipinski definition) is 1. The molecule has 18 heavy (non-hydrogen) atoms. The van der Waals surface area contributed by atoms with E-state index >= 15 is 0 Å². The normalized spacial score (nSPS) is 24.4. The van der Waals surface area contributed by atoms with E-state index in [1.54, 1.807) is 7.11 Å². The molecular formula is C14H21NO2S. The fourth-order valence-electron chi connectivity index (χ4n) is 2.56. The summed E-state index contributed by atoms with van der Waals surface area (Å²) in [6.07, 6.45) is 2.83. The second-order valence-electron chi connectivity index (χ2n) is 4.75. The molecule has 3 unspecified atom stereocenters. The summed E-state index contributed by atoms with van der Waals surface area (Å²) in [6, 6.07) is 5.91. The van der Waals surface area contributed by atoms with Gasteiger partial charge in [-0.25, -0.2) is 0 Å². The zero-order valence-electron chi connectivity index (χ0n) is 11.0. The summed E-state index contributed by atoms with van der Waals surface area (Å²) in [6.45, 7) is 2.06. The van der Waals surface area contributed by atoms with Crippen molar-refractivity contribution in [1.29, 1.82) is 0 Å². The molecule has 0 fully saturated rings. The predicted molar refractivity (Wildman–Crippen MR) is 75.3 cm³/mol. The highest BCUT2D eigenvalue weighted by molar-refractivity contribution is 7.85. The summed E-state index contributed by atoms with van der Waals surface area (Å²) >= 11 is 0. The number of ether oxygens (including phenoxy) is 1. The summed E-state index contributed by atoms with van der Waals surface area (Å²) in [5.41, 5.74) is 8.67. The lowest BCUT2D eigenvalue weighted by molar-refractivity contribution is 0.412. The molecule has 1 aromatic rings. The maximum Gasteiger partial charge on any atom is 0.119 e. The largest absolute Gasteiger partial charge is 0.497 e. The Morgan fingerprint density at radius 1 is 1.50 bits per heavy atom. The second-order valence-corrected chi connectivity index (χ2v) is 6.53. The molecule has 1 aliphatic carbocycles. The number of rotatable bonds is 4. The molecule has 0 aliphatic heterocycles. The van der Waals surface area contributed by atoms with Crippen molar-refractivity contribution in [3.05, 3.63) is 29.3 Å². The highest BCUT2D eigenvalue weighted by atomic mass is 32.2. The van der Waals surface area contributed by atoms with Crippen LogP contribution in [0.5, 0.6) is 5.75 Å². The van der Waals surface area contributed by atoms with Gasteiger partial charge in [0.2, 0.25) is 0 Å². The molecular weight excluding hydrogens is 246 g/mol. The van der Waals surface area contributed by atoms with Crippen LogP contribution in [0.15, 0.2) is 18.2 Å². The number of aryl methyl sites for hydroxylation is 1. The molecule has 2 rings (SSSR count). The van der Waals surface area contributed by atoms with Crippen molar-refractivity contribution in [1.82, 2.24) is 0 Å². The topological polar surface area (TPSA) is 52.3 Å². The highest BCUT2D eigenvalue weighted by Crippen LogP contribution is 2.33. The van der Waals surface area contributed by atoms with E-state index in [-0.39, 0.29) is 11.3 Å². The van der Waals surface area contributed by atoms with Crippen molar-refractivity contribution in [3.63, 3.8) is 0 Å². The van der Waals surface area contributed by atoms with Gasteiger partial charge < -0.3 is 10.5 Å². The molecule has 0 amide bonds. The van der Waals surface area contributed by atoms with Crippen LogP contribution in [-0.4, -0.2) is 22.3 Å². The molecule has 4 heteroatoms. The van der Waals surface area contributed by atoms with E-state index in [4.69, 9.17) is 10.5 Å². The van der Waals surface area contributed by atoms with Crippen molar-refractivity contribution < 1.29 is 8.95 Å². The number of methoxy groups -OCH3 is 1. The van der Waals surface area contributed by atoms with E-state index in [1.807, 2.05) is 12.1 Å². The lowest BCUT2D eigenvalue weighted by Gasteiger charge is -2.30. The van der Waals surface area contributed by atoms with E-state index in [2.05, 4.69) is 13.0 Å². The monoisotopic (exact) mass is 267 g/mol. The molecule has 1 aliphatic rings. The van der Waals surface area contributed by atoms with Gasteiger partial charge in [0.25, 0.3) is 0 Å². The minimum atomic E-state index is -0.818. The Kier molecular flexibility index (Phi) is 4.40. The molecule has 0 saturated heterocycles. The molecule has 3 nitrogen and oxygen atoms in total. The number of hydrogen-bond acceptors (Lipinski definition) is 3. The minimum absolute atomic E-state index is 0.0876. The first-order valence-electron chi connectivity index (χ1n) is 6.47. The van der Waals surface area contributed by atoms with Crippen molar-refractivity contribution >= 4 is 10.8 Å². The first kappa shape index (κ1) is 13.6. The lowest BCUT2D eigenvalue weighted by Crippen LogP contribution is -2.35. The third-order valence-corrected chi connectivity index (χ3v) is 5.57. The van der Waals surface area contributed by atoms with Crippen LogP contribution in [0, 0.1) is 0 Å². The summed E-state index contributed by atoms with van der Waals surface area (Å²) in [7, 11) is 0.837. The van der Waals surface area contributed by atoms with Crippen LogP contribution >= 0.6 is 0 Å². The van der Waals surface area contributed by atoms with Crippen LogP contribution in [0.3, 0.4) is 0 Å². The lowest BCUT2D eigenvalue weighted by atomic mass is 9.87. The minimum Gasteiger partial charge on any atom is -0.497 e. The average Bonchev–Trinajstić information content (AvgIpc) is 2.39. The predicted octanol–water partition coefficient (Wildman–Crippen LogP) is 2.17. The van der Waals surface area contributed by atoms with E-state index in [1.165, 1.54) is 5.56 Å². The third-order valence-electron chi connectivity index (χ3n) is 3.55. The van der Waals surface area contributed by atoms with Crippen LogP contribution < -0.4 is 10.5 Å². The summed E-state index contributed by atoms with van der Waals surface area (Å²) < 4.78 is 17.4. The Hall–Kier alpha value is -0.870. The zero-order chi connectivity index (χ0) is 13.1. The molecule has 3 atom stereocenters. The Balaban J connectivity index is 2.26. The third kappa shape index (κ3) is 2.59. The Morgan fingerprint density at radius 3 is 2.94 bits per heavy atom. The average molecular weight is 267 g/mol. The number of fused-ring (bicyclic) bond motifs is 1.